The number of aliphatic carboxylic acids is 1. The molecule has 0 amide bonds. The smallest absolute Gasteiger partial charge is 0.304 e. The van der Waals surface area contributed by atoms with Crippen molar-refractivity contribution >= 4 is 41.6 Å². The van der Waals surface area contributed by atoms with Gasteiger partial charge in [-0.05, 0) is 43.7 Å². The Bertz CT molecular complexity index is 822. The van der Waals surface area contributed by atoms with Gasteiger partial charge in [0.2, 0.25) is 0 Å². The molecule has 0 aromatic heterocycles. The fourth-order valence-corrected chi connectivity index (χ4v) is 3.64. The van der Waals surface area contributed by atoms with Crippen LogP contribution < -0.4 is 4.74 Å². The average Bonchev–Trinajstić information content (AvgIpc) is 2.64. The van der Waals surface area contributed by atoms with E-state index in [9.17, 15) is 4.79 Å². The summed E-state index contributed by atoms with van der Waals surface area (Å²) in [5.74, 6) is 0.255. The van der Waals surface area contributed by atoms with E-state index in [1.54, 1.807) is 18.2 Å². The molecule has 3 rings (SSSR count). The van der Waals surface area contributed by atoms with Gasteiger partial charge in [0.05, 0.1) is 29.2 Å². The summed E-state index contributed by atoms with van der Waals surface area (Å²) in [5.41, 5.74) is 0.809. The maximum atomic E-state index is 10.9. The van der Waals surface area contributed by atoms with E-state index in [0.29, 0.717) is 41.2 Å². The Hall–Kier alpha value is -1.50. The van der Waals surface area contributed by atoms with Crippen molar-refractivity contribution < 1.29 is 19.4 Å². The number of ether oxygens (including phenoxy) is 2. The second-order valence-corrected chi connectivity index (χ2v) is 8.24. The van der Waals surface area contributed by atoms with Crippen LogP contribution in [-0.4, -0.2) is 41.2 Å². The predicted octanol–water partition coefficient (Wildman–Crippen LogP) is 5.83. The number of morpholine rings is 1. The first kappa shape index (κ1) is 23.8. The van der Waals surface area contributed by atoms with Crippen molar-refractivity contribution in [2.24, 2.45) is 0 Å². The lowest BCUT2D eigenvalue weighted by atomic mass is 9.98. The van der Waals surface area contributed by atoms with Crippen molar-refractivity contribution in [2.45, 2.75) is 31.9 Å². The third-order valence-corrected chi connectivity index (χ3v) is 5.46. The number of hydrogen-bond acceptors (Lipinski definition) is 4. The summed E-state index contributed by atoms with van der Waals surface area (Å²) in [6, 6.07) is 12.8. The van der Waals surface area contributed by atoms with Gasteiger partial charge in [0, 0.05) is 18.6 Å². The molecule has 29 heavy (non-hydrogen) atoms. The monoisotopic (exact) mass is 459 g/mol. The van der Waals surface area contributed by atoms with Crippen LogP contribution in [0.15, 0.2) is 42.5 Å². The van der Waals surface area contributed by atoms with Gasteiger partial charge in [-0.2, -0.15) is 0 Å². The Morgan fingerprint density at radius 3 is 2.41 bits per heavy atom. The maximum absolute atomic E-state index is 10.9. The molecule has 1 aliphatic rings. The highest BCUT2D eigenvalue weighted by molar-refractivity contribution is 6.37. The lowest BCUT2D eigenvalue weighted by molar-refractivity contribution is -0.140. The molecule has 0 saturated carbocycles. The molecular weight excluding hydrogens is 437 g/mol. The average molecular weight is 461 g/mol. The van der Waals surface area contributed by atoms with Gasteiger partial charge in [0.15, 0.2) is 5.75 Å². The normalized spacial score (nSPS) is 18.7. The van der Waals surface area contributed by atoms with E-state index in [4.69, 9.17) is 37.8 Å². The van der Waals surface area contributed by atoms with Crippen LogP contribution in [-0.2, 0) is 9.53 Å². The molecule has 2 aromatic carbocycles. The standard InChI is InChI=1S/C21H23Cl2NO4.ClH/c1-21(2)13-27-18(12-24(21)11-10-19(25)26)14-6-8-15(9-7-14)28-20-16(22)4-3-5-17(20)23;/h3-9,18H,10-13H2,1-2H3,(H,25,26);1H. The summed E-state index contributed by atoms with van der Waals surface area (Å²) in [4.78, 5) is 13.1. The molecule has 8 heteroatoms. The minimum absolute atomic E-state index is 0. The largest absolute Gasteiger partial charge is 0.481 e. The highest BCUT2D eigenvalue weighted by Crippen LogP contribution is 2.37. The number of rotatable bonds is 6. The molecule has 0 aliphatic carbocycles. The number of carboxylic acid groups (broad SMARTS) is 1. The third-order valence-electron chi connectivity index (χ3n) is 4.87. The van der Waals surface area contributed by atoms with Gasteiger partial charge in [-0.25, -0.2) is 0 Å². The summed E-state index contributed by atoms with van der Waals surface area (Å²) in [5, 5.41) is 9.89. The van der Waals surface area contributed by atoms with E-state index >= 15 is 0 Å². The number of benzene rings is 2. The van der Waals surface area contributed by atoms with Crippen LogP contribution in [0.2, 0.25) is 10.0 Å². The molecule has 0 bridgehead atoms. The molecule has 1 atom stereocenters. The molecule has 1 fully saturated rings. The number of nitrogens with zero attached hydrogens (tertiary/aromatic N) is 1. The molecule has 2 aromatic rings. The number of halogens is 3. The van der Waals surface area contributed by atoms with Crippen LogP contribution in [0, 0.1) is 0 Å². The molecule has 1 aliphatic heterocycles. The Morgan fingerprint density at radius 2 is 1.83 bits per heavy atom. The van der Waals surface area contributed by atoms with Crippen molar-refractivity contribution in [3.63, 3.8) is 0 Å². The summed E-state index contributed by atoms with van der Waals surface area (Å²) >= 11 is 12.3. The molecule has 0 radical (unpaired) electrons. The van der Waals surface area contributed by atoms with Gasteiger partial charge in [-0.3, -0.25) is 9.69 Å². The second kappa shape index (κ2) is 10.0. The van der Waals surface area contributed by atoms with Crippen molar-refractivity contribution in [3.05, 3.63) is 58.1 Å². The number of carbonyl (C=O) groups is 1. The van der Waals surface area contributed by atoms with Gasteiger partial charge in [0.25, 0.3) is 0 Å². The van der Waals surface area contributed by atoms with Gasteiger partial charge in [0.1, 0.15) is 5.75 Å². The molecule has 1 saturated heterocycles. The second-order valence-electron chi connectivity index (χ2n) is 7.42. The highest BCUT2D eigenvalue weighted by atomic mass is 35.5. The molecule has 1 N–H and O–H groups in total. The zero-order valence-electron chi connectivity index (χ0n) is 16.2. The van der Waals surface area contributed by atoms with E-state index in [1.807, 2.05) is 24.3 Å². The fourth-order valence-electron chi connectivity index (χ4n) is 3.17. The molecule has 5 nitrogen and oxygen atoms in total. The minimum Gasteiger partial charge on any atom is -0.481 e. The summed E-state index contributed by atoms with van der Waals surface area (Å²) in [6.07, 6.45) is -0.0126. The predicted molar refractivity (Wildman–Crippen MR) is 117 cm³/mol. The van der Waals surface area contributed by atoms with Crippen LogP contribution in [0.3, 0.4) is 0 Å². The van der Waals surface area contributed by atoms with Crippen LogP contribution >= 0.6 is 35.6 Å². The zero-order valence-corrected chi connectivity index (χ0v) is 18.6. The summed E-state index contributed by atoms with van der Waals surface area (Å²) < 4.78 is 11.9. The van der Waals surface area contributed by atoms with Crippen LogP contribution in [0.4, 0.5) is 0 Å². The summed E-state index contributed by atoms with van der Waals surface area (Å²) in [7, 11) is 0. The molecule has 1 unspecified atom stereocenters. The van der Waals surface area contributed by atoms with Crippen LogP contribution in [0.25, 0.3) is 0 Å². The van der Waals surface area contributed by atoms with E-state index < -0.39 is 5.97 Å². The Labute approximate surface area is 186 Å². The Balaban J connectivity index is 0.00000300. The highest BCUT2D eigenvalue weighted by Gasteiger charge is 2.35. The molecular formula is C21H24Cl3NO4. The SMILES string of the molecule is CC1(C)COC(c2ccc(Oc3c(Cl)cccc3Cl)cc2)CN1CCC(=O)O.Cl. The zero-order chi connectivity index (χ0) is 20.3. The van der Waals surface area contributed by atoms with Crippen molar-refractivity contribution in [2.75, 3.05) is 19.7 Å². The van der Waals surface area contributed by atoms with Crippen molar-refractivity contribution in [3.8, 4) is 11.5 Å². The van der Waals surface area contributed by atoms with E-state index in [2.05, 4.69) is 18.7 Å². The van der Waals surface area contributed by atoms with Crippen LogP contribution in [0.1, 0.15) is 31.9 Å². The van der Waals surface area contributed by atoms with Crippen LogP contribution in [0.5, 0.6) is 11.5 Å². The van der Waals surface area contributed by atoms with Crippen molar-refractivity contribution in [1.82, 2.24) is 4.90 Å². The first-order valence-corrected chi connectivity index (χ1v) is 9.82. The number of para-hydroxylation sites is 1. The molecule has 1 heterocycles. The Morgan fingerprint density at radius 1 is 1.21 bits per heavy atom. The van der Waals surface area contributed by atoms with Gasteiger partial charge < -0.3 is 14.6 Å². The Kier molecular flexibility index (Phi) is 8.20. The first-order chi connectivity index (χ1) is 13.3. The topological polar surface area (TPSA) is 59.0 Å². The molecule has 158 valence electrons. The first-order valence-electron chi connectivity index (χ1n) is 9.06. The van der Waals surface area contributed by atoms with E-state index in [-0.39, 0.29) is 30.5 Å². The number of carboxylic acids is 1. The number of hydrogen-bond donors (Lipinski definition) is 1. The van der Waals surface area contributed by atoms with E-state index in [1.165, 1.54) is 0 Å². The molecule has 0 spiro atoms. The van der Waals surface area contributed by atoms with Gasteiger partial charge in [-0.15, -0.1) is 12.4 Å². The van der Waals surface area contributed by atoms with Gasteiger partial charge in [-0.1, -0.05) is 41.4 Å². The van der Waals surface area contributed by atoms with E-state index in [0.717, 1.165) is 5.56 Å². The fraction of sp³-hybridized carbons (Fsp3) is 0.381. The summed E-state index contributed by atoms with van der Waals surface area (Å²) in [6.45, 7) is 5.79. The van der Waals surface area contributed by atoms with Gasteiger partial charge >= 0.3 is 5.97 Å². The maximum Gasteiger partial charge on any atom is 0.304 e. The lowest BCUT2D eigenvalue weighted by Crippen LogP contribution is -2.54. The minimum atomic E-state index is -0.793. The van der Waals surface area contributed by atoms with Crippen molar-refractivity contribution in [1.29, 1.82) is 0 Å². The quantitative estimate of drug-likeness (QED) is 0.587. The lowest BCUT2D eigenvalue weighted by Gasteiger charge is -2.45. The third kappa shape index (κ3) is 6.00.